The van der Waals surface area contributed by atoms with Gasteiger partial charge in [0.15, 0.2) is 0 Å². The van der Waals surface area contributed by atoms with Crippen molar-refractivity contribution in [3.63, 3.8) is 0 Å². The van der Waals surface area contributed by atoms with Crippen LogP contribution in [0.3, 0.4) is 0 Å². The minimum absolute atomic E-state index is 0.152. The van der Waals surface area contributed by atoms with E-state index in [9.17, 15) is 9.59 Å². The molecule has 0 saturated heterocycles. The summed E-state index contributed by atoms with van der Waals surface area (Å²) in [4.78, 5) is 28.8. The van der Waals surface area contributed by atoms with Gasteiger partial charge in [0.2, 0.25) is 11.8 Å². The van der Waals surface area contributed by atoms with Gasteiger partial charge < -0.3 is 15.0 Å². The molecule has 5 nitrogen and oxygen atoms in total. The predicted octanol–water partition coefficient (Wildman–Crippen LogP) is 4.51. The Balaban J connectivity index is 1.93. The smallest absolute Gasteiger partial charge is 0.247 e. The lowest BCUT2D eigenvalue weighted by Gasteiger charge is -2.33. The third-order valence-corrected chi connectivity index (χ3v) is 6.35. The van der Waals surface area contributed by atoms with Gasteiger partial charge in [-0.05, 0) is 42.0 Å². The first-order valence-corrected chi connectivity index (χ1v) is 11.4. The quantitative estimate of drug-likeness (QED) is 0.621. The number of halogens is 1. The van der Waals surface area contributed by atoms with Gasteiger partial charge in [0.05, 0.1) is 13.7 Å². The van der Waals surface area contributed by atoms with Crippen LogP contribution in [-0.2, 0) is 16.1 Å². The van der Waals surface area contributed by atoms with Crippen molar-refractivity contribution >= 4 is 34.8 Å². The Labute approximate surface area is 181 Å². The van der Waals surface area contributed by atoms with Crippen LogP contribution < -0.4 is 10.1 Å². The monoisotopic (exact) mass is 434 g/mol. The Hall–Kier alpha value is -2.05. The van der Waals surface area contributed by atoms with Gasteiger partial charge >= 0.3 is 0 Å². The molecule has 0 aliphatic heterocycles. The maximum Gasteiger partial charge on any atom is 0.247 e. The van der Waals surface area contributed by atoms with E-state index in [4.69, 9.17) is 16.3 Å². The van der Waals surface area contributed by atoms with E-state index >= 15 is 0 Å². The molecule has 1 N–H and O–H groups in total. The fraction of sp³-hybridized carbons (Fsp3) is 0.455. The largest absolute Gasteiger partial charge is 0.497 e. The van der Waals surface area contributed by atoms with Gasteiger partial charge in [-0.15, -0.1) is 22.9 Å². The number of nitrogens with one attached hydrogen (secondary N) is 1. The molecule has 1 aromatic carbocycles. The average Bonchev–Trinajstić information content (AvgIpc) is 3.27. The van der Waals surface area contributed by atoms with Gasteiger partial charge in [-0.3, -0.25) is 9.59 Å². The highest BCUT2D eigenvalue weighted by molar-refractivity contribution is 7.09. The SMILES string of the molecule is COc1cccc([C@@H](C(=O)NC2CCCCC2)N(Cc2cccs2)C(=O)CCl)c1. The summed E-state index contributed by atoms with van der Waals surface area (Å²) in [6.07, 6.45) is 5.40. The number of carbonyl (C=O) groups is 2. The third kappa shape index (κ3) is 5.73. The van der Waals surface area contributed by atoms with Crippen molar-refractivity contribution < 1.29 is 14.3 Å². The maximum atomic E-state index is 13.4. The van der Waals surface area contributed by atoms with Crippen LogP contribution in [0.5, 0.6) is 5.75 Å². The fourth-order valence-electron chi connectivity index (χ4n) is 3.78. The first kappa shape index (κ1) is 21.7. The van der Waals surface area contributed by atoms with Gasteiger partial charge in [0, 0.05) is 10.9 Å². The molecule has 0 spiro atoms. The van der Waals surface area contributed by atoms with Gasteiger partial charge in [0.25, 0.3) is 0 Å². The number of benzene rings is 1. The van der Waals surface area contributed by atoms with Gasteiger partial charge in [-0.1, -0.05) is 37.5 Å². The minimum Gasteiger partial charge on any atom is -0.497 e. The number of rotatable bonds is 8. The lowest BCUT2D eigenvalue weighted by atomic mass is 9.94. The van der Waals surface area contributed by atoms with E-state index in [-0.39, 0.29) is 23.7 Å². The highest BCUT2D eigenvalue weighted by Gasteiger charge is 2.33. The molecule has 1 aliphatic carbocycles. The summed E-state index contributed by atoms with van der Waals surface area (Å²) in [5, 5.41) is 5.14. The number of carbonyl (C=O) groups excluding carboxylic acids is 2. The molecule has 1 saturated carbocycles. The number of alkyl halides is 1. The Bertz CT molecular complexity index is 806. The molecule has 1 fully saturated rings. The first-order chi connectivity index (χ1) is 14.1. The number of amides is 2. The van der Waals surface area contributed by atoms with Crippen LogP contribution in [0.2, 0.25) is 0 Å². The average molecular weight is 435 g/mol. The molecule has 3 rings (SSSR count). The number of thiophene rings is 1. The van der Waals surface area contributed by atoms with Crippen LogP contribution in [-0.4, -0.2) is 35.7 Å². The van der Waals surface area contributed by atoms with E-state index in [2.05, 4.69) is 5.32 Å². The number of hydrogen-bond donors (Lipinski definition) is 1. The third-order valence-electron chi connectivity index (χ3n) is 5.26. The van der Waals surface area contributed by atoms with Crippen molar-refractivity contribution in [2.24, 2.45) is 0 Å². The number of ether oxygens (including phenoxy) is 1. The Morgan fingerprint density at radius 1 is 1.24 bits per heavy atom. The predicted molar refractivity (Wildman–Crippen MR) is 116 cm³/mol. The Morgan fingerprint density at radius 2 is 2.03 bits per heavy atom. The van der Waals surface area contributed by atoms with Crippen molar-refractivity contribution in [1.29, 1.82) is 0 Å². The zero-order chi connectivity index (χ0) is 20.6. The molecule has 0 radical (unpaired) electrons. The normalized spacial score (nSPS) is 15.5. The van der Waals surface area contributed by atoms with E-state index in [0.29, 0.717) is 17.9 Å². The van der Waals surface area contributed by atoms with Crippen molar-refractivity contribution in [1.82, 2.24) is 10.2 Å². The topological polar surface area (TPSA) is 58.6 Å². The second-order valence-corrected chi connectivity index (χ2v) is 8.56. The molecule has 2 aromatic rings. The molecular formula is C22H27ClN2O3S. The zero-order valence-corrected chi connectivity index (χ0v) is 18.2. The van der Waals surface area contributed by atoms with Crippen LogP contribution in [0.15, 0.2) is 41.8 Å². The standard InChI is InChI=1S/C22H27ClN2O3S/c1-28-18-10-5-7-16(13-18)21(22(27)24-17-8-3-2-4-9-17)25(20(26)14-23)15-19-11-6-12-29-19/h5-7,10-13,17,21H,2-4,8-9,14-15H2,1H3,(H,24,27)/t21-/m0/s1. The van der Waals surface area contributed by atoms with E-state index in [0.717, 1.165) is 30.6 Å². The molecule has 2 amide bonds. The molecule has 156 valence electrons. The Morgan fingerprint density at radius 3 is 2.69 bits per heavy atom. The summed E-state index contributed by atoms with van der Waals surface area (Å²) in [6.45, 7) is 0.336. The van der Waals surface area contributed by atoms with Crippen molar-refractivity contribution in [2.75, 3.05) is 13.0 Å². The molecule has 1 aromatic heterocycles. The molecule has 1 heterocycles. The van der Waals surface area contributed by atoms with Crippen LogP contribution >= 0.6 is 22.9 Å². The summed E-state index contributed by atoms with van der Waals surface area (Å²) in [5.74, 6) is 0.0296. The zero-order valence-electron chi connectivity index (χ0n) is 16.6. The van der Waals surface area contributed by atoms with Crippen LogP contribution in [0.4, 0.5) is 0 Å². The second kappa shape index (κ2) is 10.6. The Kier molecular flexibility index (Phi) is 7.95. The molecule has 1 atom stereocenters. The van der Waals surface area contributed by atoms with Crippen molar-refractivity contribution in [3.8, 4) is 5.75 Å². The molecular weight excluding hydrogens is 408 g/mol. The van der Waals surface area contributed by atoms with E-state index in [1.807, 2.05) is 41.8 Å². The van der Waals surface area contributed by atoms with E-state index in [1.54, 1.807) is 23.3 Å². The highest BCUT2D eigenvalue weighted by Crippen LogP contribution is 2.29. The lowest BCUT2D eigenvalue weighted by molar-refractivity contribution is -0.140. The maximum absolute atomic E-state index is 13.4. The van der Waals surface area contributed by atoms with E-state index in [1.165, 1.54) is 6.42 Å². The number of nitrogens with zero attached hydrogens (tertiary/aromatic N) is 1. The van der Waals surface area contributed by atoms with Crippen LogP contribution in [0.25, 0.3) is 0 Å². The van der Waals surface area contributed by atoms with Gasteiger partial charge in [-0.2, -0.15) is 0 Å². The molecule has 29 heavy (non-hydrogen) atoms. The summed E-state index contributed by atoms with van der Waals surface area (Å²) in [7, 11) is 1.59. The summed E-state index contributed by atoms with van der Waals surface area (Å²) < 4.78 is 5.35. The van der Waals surface area contributed by atoms with Crippen LogP contribution in [0.1, 0.15) is 48.6 Å². The van der Waals surface area contributed by atoms with Crippen molar-refractivity contribution in [3.05, 3.63) is 52.2 Å². The minimum atomic E-state index is -0.764. The summed E-state index contributed by atoms with van der Waals surface area (Å²) in [5.41, 5.74) is 0.715. The second-order valence-electron chi connectivity index (χ2n) is 7.26. The first-order valence-electron chi connectivity index (χ1n) is 9.94. The van der Waals surface area contributed by atoms with Gasteiger partial charge in [0.1, 0.15) is 17.7 Å². The van der Waals surface area contributed by atoms with Crippen LogP contribution in [0, 0.1) is 0 Å². The molecule has 0 unspecified atom stereocenters. The summed E-state index contributed by atoms with van der Waals surface area (Å²) >= 11 is 7.48. The fourth-order valence-corrected chi connectivity index (χ4v) is 4.64. The highest BCUT2D eigenvalue weighted by atomic mass is 35.5. The molecule has 7 heteroatoms. The summed E-state index contributed by atoms with van der Waals surface area (Å²) in [6, 6.07) is 10.6. The van der Waals surface area contributed by atoms with Crippen molar-refractivity contribution in [2.45, 2.75) is 50.7 Å². The lowest BCUT2D eigenvalue weighted by Crippen LogP contribution is -2.47. The molecule has 1 aliphatic rings. The number of methoxy groups -OCH3 is 1. The molecule has 0 bridgehead atoms. The van der Waals surface area contributed by atoms with E-state index < -0.39 is 6.04 Å². The van der Waals surface area contributed by atoms with Gasteiger partial charge in [-0.25, -0.2) is 0 Å². The number of hydrogen-bond acceptors (Lipinski definition) is 4.